The van der Waals surface area contributed by atoms with E-state index in [9.17, 15) is 0 Å². The molecule has 0 N–H and O–H groups in total. The lowest BCUT2D eigenvalue weighted by Crippen LogP contribution is -2.10. The van der Waals surface area contributed by atoms with Crippen LogP contribution in [0.25, 0.3) is 89.5 Å². The van der Waals surface area contributed by atoms with Crippen LogP contribution in [0, 0.1) is 69.2 Å². The second-order valence-corrected chi connectivity index (χ2v) is 22.3. The Bertz CT molecular complexity index is 3830. The van der Waals surface area contributed by atoms with Crippen LogP contribution in [0.5, 0.6) is 0 Å². The molecule has 0 saturated heterocycles. The summed E-state index contributed by atoms with van der Waals surface area (Å²) < 4.78 is 2.28. The zero-order valence-corrected chi connectivity index (χ0v) is 43.8. The minimum Gasteiger partial charge on any atom is -0.278 e. The highest BCUT2D eigenvalue weighted by molar-refractivity contribution is 7.75. The fourth-order valence-corrected chi connectivity index (χ4v) is 14.5. The monoisotopic (exact) mass is 949 g/mol. The summed E-state index contributed by atoms with van der Waals surface area (Å²) in [6, 6.07) is 51.1. The zero-order valence-electron chi connectivity index (χ0n) is 43.0. The number of fused-ring (bicyclic) bond motifs is 6. The van der Waals surface area contributed by atoms with Crippen molar-refractivity contribution in [1.29, 1.82) is 0 Å². The molecule has 350 valence electrons. The van der Waals surface area contributed by atoms with Crippen molar-refractivity contribution < 1.29 is 0 Å². The van der Waals surface area contributed by atoms with Crippen molar-refractivity contribution in [3.63, 3.8) is 0 Å². The Morgan fingerprint density at radius 3 is 1.51 bits per heavy atom. The molecule has 8 aromatic carbocycles. The Balaban J connectivity index is 1.08. The van der Waals surface area contributed by atoms with Gasteiger partial charge in [-0.05, 0) is 201 Å². The van der Waals surface area contributed by atoms with Crippen molar-refractivity contribution in [3.8, 4) is 62.1 Å². The van der Waals surface area contributed by atoms with E-state index in [1.807, 2.05) is 36.4 Å². The van der Waals surface area contributed by atoms with E-state index < -0.39 is 7.55 Å². The first kappa shape index (κ1) is 45.4. The molecule has 0 radical (unpaired) electrons. The van der Waals surface area contributed by atoms with Crippen LogP contribution in [0.4, 0.5) is 0 Å². The van der Waals surface area contributed by atoms with E-state index in [1.54, 1.807) is 0 Å². The van der Waals surface area contributed by atoms with Crippen LogP contribution in [-0.4, -0.2) is 24.8 Å². The molecule has 72 heavy (non-hydrogen) atoms. The smallest absolute Gasteiger partial charge is 0.238 e. The SMILES string of the molecule is Cc1c(C)c(C)c(-c2cc(-c3cccc([P+]4=C5CC=CC=C5c5cc6c7ccccc7n(-c7nc(-c8ccccc8)nc(-c8ccccc8)n7)c6cc54)c3)cc(-c3c(C)c(C)c(C)c(C)c3C)c2)c(C)c1C. The summed E-state index contributed by atoms with van der Waals surface area (Å²) in [4.78, 5) is 15.6. The highest BCUT2D eigenvalue weighted by Gasteiger charge is 2.40. The third-order valence-electron chi connectivity index (χ3n) is 16.4. The van der Waals surface area contributed by atoms with E-state index in [4.69, 9.17) is 15.0 Å². The van der Waals surface area contributed by atoms with Crippen LogP contribution in [0.2, 0.25) is 0 Å². The number of benzene rings is 8. The van der Waals surface area contributed by atoms with Gasteiger partial charge in [-0.2, -0.15) is 9.97 Å². The number of allylic oxidation sites excluding steroid dienone is 4. The molecule has 0 fully saturated rings. The quantitative estimate of drug-likeness (QED) is 0.150. The highest BCUT2D eigenvalue weighted by atomic mass is 31.1. The Morgan fingerprint density at radius 1 is 0.417 bits per heavy atom. The Kier molecular flexibility index (Phi) is 11.0. The van der Waals surface area contributed by atoms with E-state index in [1.165, 1.54) is 127 Å². The standard InChI is InChI=1S/C67H58N4P/c1-38-40(3)44(7)63(45(8)41(38)4)52-32-51(33-53(34-52)64-46(9)42(5)39(2)43(6)47(64)10)50-26-21-27-54(35-50)72-61-31-20-18-29-56(61)58-36-57-55-28-17-19-30-59(55)71(60(57)37-62(58)72)67-69-65(48-22-13-11-14-23-48)68-66(70-67)49-24-15-12-16-25-49/h11-30,32-37H,31H2,1-10H3/q+1. The number of aromatic nitrogens is 4. The predicted octanol–water partition coefficient (Wildman–Crippen LogP) is 16.3. The van der Waals surface area contributed by atoms with Gasteiger partial charge in [-0.15, -0.1) is 0 Å². The molecule has 0 bridgehead atoms. The van der Waals surface area contributed by atoms with Crippen LogP contribution in [0.1, 0.15) is 67.6 Å². The third-order valence-corrected chi connectivity index (χ3v) is 19.1. The average molecular weight is 950 g/mol. The molecule has 1 atom stereocenters. The minimum absolute atomic E-state index is 0.605. The summed E-state index contributed by atoms with van der Waals surface area (Å²) in [5, 5.41) is 6.59. The van der Waals surface area contributed by atoms with Gasteiger partial charge in [0, 0.05) is 45.5 Å². The van der Waals surface area contributed by atoms with Crippen molar-refractivity contribution in [3.05, 3.63) is 219 Å². The second-order valence-electron chi connectivity index (χ2n) is 20.1. The normalized spacial score (nSPS) is 13.6. The predicted molar refractivity (Wildman–Crippen MR) is 308 cm³/mol. The number of rotatable bonds is 7. The Labute approximate surface area is 424 Å². The summed E-state index contributed by atoms with van der Waals surface area (Å²) in [5.41, 5.74) is 28.2. The molecule has 0 spiro atoms. The molecule has 5 heteroatoms. The van der Waals surface area contributed by atoms with Crippen molar-refractivity contribution in [2.45, 2.75) is 75.7 Å². The lowest BCUT2D eigenvalue weighted by Gasteiger charge is -2.23. The molecule has 1 unspecified atom stereocenters. The summed E-state index contributed by atoms with van der Waals surface area (Å²) in [7, 11) is -0.906. The van der Waals surface area contributed by atoms with E-state index in [0.29, 0.717) is 17.6 Å². The van der Waals surface area contributed by atoms with Crippen LogP contribution >= 0.6 is 7.55 Å². The average Bonchev–Trinajstić information content (AvgIpc) is 3.92. The fourth-order valence-electron chi connectivity index (χ4n) is 11.7. The van der Waals surface area contributed by atoms with Crippen LogP contribution in [-0.2, 0) is 0 Å². The van der Waals surface area contributed by atoms with E-state index in [-0.39, 0.29) is 0 Å². The molecule has 0 amide bonds. The molecule has 4 nitrogen and oxygen atoms in total. The van der Waals surface area contributed by atoms with Gasteiger partial charge >= 0.3 is 0 Å². The van der Waals surface area contributed by atoms with Gasteiger partial charge in [0.1, 0.15) is 5.29 Å². The second kappa shape index (κ2) is 17.5. The lowest BCUT2D eigenvalue weighted by atomic mass is 9.82. The largest absolute Gasteiger partial charge is 0.278 e. The van der Waals surface area contributed by atoms with Gasteiger partial charge in [0.15, 0.2) is 29.8 Å². The third kappa shape index (κ3) is 7.18. The molecular weight excluding hydrogens is 892 g/mol. The molecule has 0 saturated carbocycles. The van der Waals surface area contributed by atoms with Gasteiger partial charge in [0.05, 0.1) is 11.0 Å². The van der Waals surface area contributed by atoms with Gasteiger partial charge in [-0.25, -0.2) is 4.98 Å². The molecule has 12 rings (SSSR count). The van der Waals surface area contributed by atoms with E-state index in [0.717, 1.165) is 28.6 Å². The molecule has 2 aliphatic rings. The maximum absolute atomic E-state index is 5.29. The maximum Gasteiger partial charge on any atom is 0.238 e. The Morgan fingerprint density at radius 2 is 0.931 bits per heavy atom. The first-order valence-electron chi connectivity index (χ1n) is 25.3. The van der Waals surface area contributed by atoms with Crippen LogP contribution in [0.15, 0.2) is 158 Å². The lowest BCUT2D eigenvalue weighted by molar-refractivity contribution is 0.953. The number of hydrogen-bond acceptors (Lipinski definition) is 3. The van der Waals surface area contributed by atoms with Crippen LogP contribution in [0.3, 0.4) is 0 Å². The van der Waals surface area contributed by atoms with E-state index in [2.05, 4.69) is 195 Å². The molecule has 2 aromatic heterocycles. The number of para-hydroxylation sites is 1. The van der Waals surface area contributed by atoms with Gasteiger partial charge < -0.3 is 0 Å². The van der Waals surface area contributed by atoms with Crippen molar-refractivity contribution >= 4 is 50.8 Å². The maximum atomic E-state index is 5.29. The molecule has 1 aliphatic carbocycles. The molecule has 3 heterocycles. The highest BCUT2D eigenvalue weighted by Crippen LogP contribution is 2.47. The minimum atomic E-state index is -0.906. The van der Waals surface area contributed by atoms with Gasteiger partial charge in [0.25, 0.3) is 0 Å². The zero-order chi connectivity index (χ0) is 49.7. The van der Waals surface area contributed by atoms with E-state index >= 15 is 0 Å². The first-order chi connectivity index (χ1) is 34.9. The summed E-state index contributed by atoms with van der Waals surface area (Å²) in [6.07, 6.45) is 7.85. The van der Waals surface area contributed by atoms with Gasteiger partial charge in [-0.3, -0.25) is 4.57 Å². The van der Waals surface area contributed by atoms with Crippen molar-refractivity contribution in [2.24, 2.45) is 0 Å². The summed E-state index contributed by atoms with van der Waals surface area (Å²) in [5.74, 6) is 1.90. The van der Waals surface area contributed by atoms with Gasteiger partial charge in [0.2, 0.25) is 5.95 Å². The topological polar surface area (TPSA) is 43.6 Å². The van der Waals surface area contributed by atoms with Gasteiger partial charge in [-0.1, -0.05) is 109 Å². The van der Waals surface area contributed by atoms with Crippen molar-refractivity contribution in [1.82, 2.24) is 19.5 Å². The Hall–Kier alpha value is -7.78. The first-order valence-corrected chi connectivity index (χ1v) is 26.6. The summed E-state index contributed by atoms with van der Waals surface area (Å²) in [6.45, 7) is 23.0. The number of hydrogen-bond donors (Lipinski definition) is 0. The van der Waals surface area contributed by atoms with Crippen molar-refractivity contribution in [2.75, 3.05) is 0 Å². The fraction of sp³-hybridized carbons (Fsp3) is 0.164. The molecular formula is C67H58N4P+. The van der Waals surface area contributed by atoms with Crippen LogP contribution < -0.4 is 10.6 Å². The molecule has 1 aliphatic heterocycles. The number of nitrogens with zero attached hydrogens (tertiary/aromatic N) is 4. The summed E-state index contributed by atoms with van der Waals surface area (Å²) >= 11 is 0. The molecule has 10 aromatic rings.